The quantitative estimate of drug-likeness (QED) is 0.364. The highest BCUT2D eigenvalue weighted by atomic mass is 35.5. The van der Waals surface area contributed by atoms with Crippen molar-refractivity contribution in [3.8, 4) is 0 Å². The maximum Gasteiger partial charge on any atom is 0.533 e. The molecule has 20 heavy (non-hydrogen) atoms. The fourth-order valence-electron chi connectivity index (χ4n) is 0.814. The van der Waals surface area contributed by atoms with Crippen LogP contribution >= 0.6 is 31.0 Å². The zero-order valence-electron chi connectivity index (χ0n) is 9.98. The van der Waals surface area contributed by atoms with E-state index in [0.29, 0.717) is 0 Å². The van der Waals surface area contributed by atoms with Crippen molar-refractivity contribution in [1.29, 1.82) is 0 Å². The molecule has 0 spiro atoms. The molecular weight excluding hydrogens is 342 g/mol. The fraction of sp³-hybridized carbons (Fsp3) is 0.750. The summed E-state index contributed by atoms with van der Waals surface area (Å²) >= 11 is 10.9. The van der Waals surface area contributed by atoms with Gasteiger partial charge in [-0.3, -0.25) is 9.05 Å². The summed E-state index contributed by atoms with van der Waals surface area (Å²) in [6.07, 6.45) is -3.03. The summed E-state index contributed by atoms with van der Waals surface area (Å²) in [7, 11) is -4.73. The van der Waals surface area contributed by atoms with Gasteiger partial charge in [-0.25, -0.2) is 14.2 Å². The fourth-order valence-corrected chi connectivity index (χ4v) is 2.87. The standard InChI is InChI=1S/C8H13Cl2O9P/c9-1-5(2-10)17-20(16,19-7(13)4-12)18-6(3-11)8(14)15/h5-6,11-12H,1-4H2,(H,14,15). The molecule has 2 atom stereocenters. The number of hydrogen-bond acceptors (Lipinski definition) is 8. The first-order chi connectivity index (χ1) is 9.31. The Morgan fingerprint density at radius 1 is 1.15 bits per heavy atom. The first kappa shape index (κ1) is 19.6. The van der Waals surface area contributed by atoms with Crippen molar-refractivity contribution < 1.29 is 43.0 Å². The molecule has 0 aliphatic carbocycles. The first-order valence-corrected chi connectivity index (χ1v) is 7.60. The number of aliphatic hydroxyl groups excluding tert-OH is 2. The molecule has 9 nitrogen and oxygen atoms in total. The second-order valence-corrected chi connectivity index (χ2v) is 5.34. The zero-order valence-corrected chi connectivity index (χ0v) is 12.4. The second kappa shape index (κ2) is 9.51. The molecule has 0 fully saturated rings. The van der Waals surface area contributed by atoms with E-state index in [0.717, 1.165) is 0 Å². The third-order valence-electron chi connectivity index (χ3n) is 1.66. The molecule has 0 aromatic rings. The number of carboxylic acids is 1. The van der Waals surface area contributed by atoms with E-state index in [1.807, 2.05) is 0 Å². The van der Waals surface area contributed by atoms with E-state index in [9.17, 15) is 14.2 Å². The van der Waals surface area contributed by atoms with E-state index >= 15 is 0 Å². The molecule has 12 heteroatoms. The van der Waals surface area contributed by atoms with E-state index in [4.69, 9.17) is 43.0 Å². The second-order valence-electron chi connectivity index (χ2n) is 3.22. The lowest BCUT2D eigenvalue weighted by molar-refractivity contribution is -0.151. The van der Waals surface area contributed by atoms with Crippen LogP contribution in [0, 0.1) is 0 Å². The lowest BCUT2D eigenvalue weighted by atomic mass is 10.4. The number of hydrogen-bond donors (Lipinski definition) is 3. The van der Waals surface area contributed by atoms with Crippen LogP contribution in [0.25, 0.3) is 0 Å². The Morgan fingerprint density at radius 2 is 1.70 bits per heavy atom. The summed E-state index contributed by atoms with van der Waals surface area (Å²) in [5.41, 5.74) is 0. The molecule has 0 aliphatic rings. The van der Waals surface area contributed by atoms with Gasteiger partial charge in [-0.15, -0.1) is 23.2 Å². The van der Waals surface area contributed by atoms with Crippen LogP contribution in [0.4, 0.5) is 0 Å². The normalized spacial score (nSPS) is 15.7. The van der Waals surface area contributed by atoms with Crippen molar-refractivity contribution in [2.24, 2.45) is 0 Å². The van der Waals surface area contributed by atoms with Crippen molar-refractivity contribution >= 4 is 43.0 Å². The minimum Gasteiger partial charge on any atom is -0.479 e. The Balaban J connectivity index is 5.08. The Hall–Kier alpha value is -0.410. The van der Waals surface area contributed by atoms with E-state index in [-0.39, 0.29) is 11.8 Å². The Morgan fingerprint density at radius 3 is 2.05 bits per heavy atom. The number of carbonyl (C=O) groups excluding carboxylic acids is 1. The summed E-state index contributed by atoms with van der Waals surface area (Å²) in [5, 5.41) is 26.0. The number of aliphatic carboxylic acids is 1. The predicted molar refractivity (Wildman–Crippen MR) is 66.7 cm³/mol. The Bertz CT molecular complexity index is 373. The molecule has 0 heterocycles. The Kier molecular flexibility index (Phi) is 9.32. The maximum atomic E-state index is 12.1. The monoisotopic (exact) mass is 354 g/mol. The van der Waals surface area contributed by atoms with Gasteiger partial charge in [-0.1, -0.05) is 0 Å². The van der Waals surface area contributed by atoms with E-state index in [1.165, 1.54) is 0 Å². The van der Waals surface area contributed by atoms with Gasteiger partial charge in [0.15, 0.2) is 6.10 Å². The van der Waals surface area contributed by atoms with Crippen LogP contribution in [-0.2, 0) is 27.7 Å². The highest BCUT2D eigenvalue weighted by molar-refractivity contribution is 7.49. The van der Waals surface area contributed by atoms with E-state index in [2.05, 4.69) is 9.05 Å². The number of phosphoric acid groups is 1. The largest absolute Gasteiger partial charge is 0.533 e. The topological polar surface area (TPSA) is 140 Å². The lowest BCUT2D eigenvalue weighted by Gasteiger charge is -2.22. The van der Waals surface area contributed by atoms with Crippen LogP contribution < -0.4 is 0 Å². The summed E-state index contributed by atoms with van der Waals surface area (Å²) in [6, 6.07) is 0. The molecule has 118 valence electrons. The van der Waals surface area contributed by atoms with Gasteiger partial charge in [-0.2, -0.15) is 0 Å². The third kappa shape index (κ3) is 6.85. The highest BCUT2D eigenvalue weighted by Crippen LogP contribution is 2.52. The number of rotatable bonds is 10. The van der Waals surface area contributed by atoms with Gasteiger partial charge in [0.1, 0.15) is 6.61 Å². The minimum atomic E-state index is -4.73. The molecule has 0 aromatic heterocycles. The van der Waals surface area contributed by atoms with Gasteiger partial charge in [0.2, 0.25) is 0 Å². The van der Waals surface area contributed by atoms with Gasteiger partial charge in [0, 0.05) is 0 Å². The highest BCUT2D eigenvalue weighted by Gasteiger charge is 2.39. The molecule has 0 bridgehead atoms. The smallest absolute Gasteiger partial charge is 0.479 e. The molecule has 0 aromatic carbocycles. The van der Waals surface area contributed by atoms with Crippen molar-refractivity contribution in [2.45, 2.75) is 12.2 Å². The number of alkyl halides is 2. The molecule has 3 N–H and O–H groups in total. The zero-order chi connectivity index (χ0) is 15.8. The van der Waals surface area contributed by atoms with Gasteiger partial charge in [0.25, 0.3) is 0 Å². The number of carbonyl (C=O) groups is 2. The number of carboxylic acid groups (broad SMARTS) is 1. The number of phosphoric ester groups is 1. The lowest BCUT2D eigenvalue weighted by Crippen LogP contribution is -2.29. The molecule has 2 unspecified atom stereocenters. The van der Waals surface area contributed by atoms with E-state index in [1.54, 1.807) is 0 Å². The third-order valence-corrected chi connectivity index (χ3v) is 3.85. The van der Waals surface area contributed by atoms with Crippen molar-refractivity contribution in [1.82, 2.24) is 0 Å². The molecule has 0 aliphatic heterocycles. The van der Waals surface area contributed by atoms with Crippen molar-refractivity contribution in [3.63, 3.8) is 0 Å². The first-order valence-electron chi connectivity index (χ1n) is 5.07. The van der Waals surface area contributed by atoms with E-state index < -0.39 is 45.2 Å². The molecule has 0 radical (unpaired) electrons. The van der Waals surface area contributed by atoms with Crippen LogP contribution in [0.15, 0.2) is 0 Å². The molecule has 0 amide bonds. The molecular formula is C8H13Cl2O9P. The van der Waals surface area contributed by atoms with Crippen LogP contribution in [-0.4, -0.2) is 64.4 Å². The van der Waals surface area contributed by atoms with Crippen LogP contribution in [0.3, 0.4) is 0 Å². The van der Waals surface area contributed by atoms with Gasteiger partial charge in [-0.05, 0) is 0 Å². The van der Waals surface area contributed by atoms with Gasteiger partial charge in [0.05, 0.1) is 24.5 Å². The van der Waals surface area contributed by atoms with Crippen LogP contribution in [0.1, 0.15) is 0 Å². The van der Waals surface area contributed by atoms with Crippen LogP contribution in [0.5, 0.6) is 0 Å². The maximum absolute atomic E-state index is 12.1. The number of halogens is 2. The van der Waals surface area contributed by atoms with Gasteiger partial charge < -0.3 is 19.8 Å². The summed E-state index contributed by atoms with van der Waals surface area (Å²) in [5.74, 6) is -3.53. The SMILES string of the molecule is O=C(CO)OP(=O)(OC(CCl)CCl)OC(CO)C(=O)O. The van der Waals surface area contributed by atoms with Gasteiger partial charge >= 0.3 is 19.8 Å². The number of aliphatic hydroxyl groups is 2. The van der Waals surface area contributed by atoms with Crippen LogP contribution in [0.2, 0.25) is 0 Å². The molecule has 0 rings (SSSR count). The van der Waals surface area contributed by atoms with Crippen molar-refractivity contribution in [2.75, 3.05) is 25.0 Å². The minimum absolute atomic E-state index is 0.246. The Labute approximate surface area is 123 Å². The predicted octanol–water partition coefficient (Wildman–Crippen LogP) is -0.0451. The average molecular weight is 355 g/mol. The molecule has 0 saturated heterocycles. The van der Waals surface area contributed by atoms with Crippen molar-refractivity contribution in [3.05, 3.63) is 0 Å². The summed E-state index contributed by atoms with van der Waals surface area (Å²) in [6.45, 7) is -2.19. The summed E-state index contributed by atoms with van der Waals surface area (Å²) in [4.78, 5) is 21.6. The summed E-state index contributed by atoms with van der Waals surface area (Å²) < 4.78 is 25.5. The molecule has 0 saturated carbocycles. The average Bonchev–Trinajstić information content (AvgIpc) is 2.41.